The van der Waals surface area contributed by atoms with Gasteiger partial charge in [0.2, 0.25) is 0 Å². The van der Waals surface area contributed by atoms with Gasteiger partial charge in [0, 0.05) is 17.1 Å². The second-order valence-electron chi connectivity index (χ2n) is 4.24. The first-order valence-corrected chi connectivity index (χ1v) is 6.67. The first-order valence-electron chi connectivity index (χ1n) is 5.90. The molecule has 0 aliphatic carbocycles. The van der Waals surface area contributed by atoms with Gasteiger partial charge >= 0.3 is 0 Å². The summed E-state index contributed by atoms with van der Waals surface area (Å²) in [7, 11) is 0. The monoisotopic (exact) mass is 271 g/mol. The van der Waals surface area contributed by atoms with Crippen LogP contribution in [0.4, 0.5) is 0 Å². The summed E-state index contributed by atoms with van der Waals surface area (Å²) in [5.41, 5.74) is 5.72. The average Bonchev–Trinajstić information content (AvgIpc) is 2.86. The highest BCUT2D eigenvalue weighted by Crippen LogP contribution is 2.30. The van der Waals surface area contributed by atoms with Gasteiger partial charge in [-0.15, -0.1) is 5.10 Å². The molecule has 1 unspecified atom stereocenters. The fourth-order valence-corrected chi connectivity index (χ4v) is 2.89. The summed E-state index contributed by atoms with van der Waals surface area (Å²) < 4.78 is 3.97. The number of hydrogen-bond donors (Lipinski definition) is 2. The van der Waals surface area contributed by atoms with Crippen LogP contribution >= 0.6 is 11.5 Å². The molecule has 0 amide bonds. The van der Waals surface area contributed by atoms with E-state index in [0.29, 0.717) is 0 Å². The second kappa shape index (κ2) is 5.00. The highest BCUT2D eigenvalue weighted by Gasteiger charge is 2.20. The quantitative estimate of drug-likeness (QED) is 0.562. The lowest BCUT2D eigenvalue weighted by molar-refractivity contribution is 0.645. The predicted molar refractivity (Wildman–Crippen MR) is 75.6 cm³/mol. The SMILES string of the molecule is Cc1nnsc1C(NN)c1cccc2cccnc12. The molecule has 3 N–H and O–H groups in total. The third-order valence-corrected chi connectivity index (χ3v) is 3.98. The number of pyridine rings is 1. The number of hydrogen-bond acceptors (Lipinski definition) is 6. The molecule has 1 atom stereocenters. The summed E-state index contributed by atoms with van der Waals surface area (Å²) in [6.07, 6.45) is 1.79. The largest absolute Gasteiger partial charge is 0.271 e. The number of benzene rings is 1. The van der Waals surface area contributed by atoms with Gasteiger partial charge in [-0.05, 0) is 24.5 Å². The van der Waals surface area contributed by atoms with Crippen LogP contribution in [-0.2, 0) is 0 Å². The third kappa shape index (κ3) is 2.10. The summed E-state index contributed by atoms with van der Waals surface area (Å²) in [5.74, 6) is 5.73. The van der Waals surface area contributed by atoms with Crippen LogP contribution in [-0.4, -0.2) is 14.6 Å². The molecule has 3 rings (SSSR count). The van der Waals surface area contributed by atoms with Crippen molar-refractivity contribution in [2.45, 2.75) is 13.0 Å². The smallest absolute Gasteiger partial charge is 0.0858 e. The molecular weight excluding hydrogens is 258 g/mol. The van der Waals surface area contributed by atoms with Crippen molar-refractivity contribution in [2.24, 2.45) is 5.84 Å². The minimum atomic E-state index is -0.140. The zero-order valence-electron chi connectivity index (χ0n) is 10.4. The first kappa shape index (κ1) is 12.2. The minimum Gasteiger partial charge on any atom is -0.271 e. The predicted octanol–water partition coefficient (Wildman–Crippen LogP) is 1.95. The molecule has 0 radical (unpaired) electrons. The lowest BCUT2D eigenvalue weighted by atomic mass is 10.0. The van der Waals surface area contributed by atoms with Crippen LogP contribution in [0.15, 0.2) is 36.5 Å². The van der Waals surface area contributed by atoms with Crippen LogP contribution in [0, 0.1) is 6.92 Å². The molecular formula is C13H13N5S. The minimum absolute atomic E-state index is 0.140. The van der Waals surface area contributed by atoms with Crippen molar-refractivity contribution in [2.75, 3.05) is 0 Å². The molecule has 19 heavy (non-hydrogen) atoms. The first-order chi connectivity index (χ1) is 9.31. The van der Waals surface area contributed by atoms with E-state index in [1.165, 1.54) is 11.5 Å². The maximum absolute atomic E-state index is 5.73. The van der Waals surface area contributed by atoms with Crippen molar-refractivity contribution >= 4 is 22.4 Å². The number of rotatable bonds is 3. The number of aromatic nitrogens is 3. The van der Waals surface area contributed by atoms with E-state index < -0.39 is 0 Å². The Labute approximate surface area is 114 Å². The summed E-state index contributed by atoms with van der Waals surface area (Å²) in [6.45, 7) is 1.93. The molecule has 0 aliphatic rings. The van der Waals surface area contributed by atoms with Crippen LogP contribution in [0.25, 0.3) is 10.9 Å². The number of para-hydroxylation sites is 1. The van der Waals surface area contributed by atoms with Gasteiger partial charge in [0.25, 0.3) is 0 Å². The van der Waals surface area contributed by atoms with Gasteiger partial charge in [-0.2, -0.15) is 0 Å². The molecule has 0 saturated carbocycles. The number of nitrogens with zero attached hydrogens (tertiary/aromatic N) is 3. The molecule has 1 aromatic carbocycles. The zero-order valence-corrected chi connectivity index (χ0v) is 11.2. The van der Waals surface area contributed by atoms with E-state index >= 15 is 0 Å². The number of nitrogens with one attached hydrogen (secondary N) is 1. The van der Waals surface area contributed by atoms with Crippen molar-refractivity contribution in [3.05, 3.63) is 52.7 Å². The van der Waals surface area contributed by atoms with E-state index in [9.17, 15) is 0 Å². The molecule has 2 aromatic heterocycles. The van der Waals surface area contributed by atoms with E-state index in [0.717, 1.165) is 27.0 Å². The Balaban J connectivity index is 2.20. The van der Waals surface area contributed by atoms with Gasteiger partial charge in [-0.3, -0.25) is 10.8 Å². The number of fused-ring (bicyclic) bond motifs is 1. The van der Waals surface area contributed by atoms with Crippen molar-refractivity contribution in [1.29, 1.82) is 0 Å². The zero-order chi connectivity index (χ0) is 13.2. The number of aryl methyl sites for hydroxylation is 1. The molecule has 3 aromatic rings. The fourth-order valence-electron chi connectivity index (χ4n) is 2.17. The van der Waals surface area contributed by atoms with Crippen LogP contribution in [0.3, 0.4) is 0 Å². The van der Waals surface area contributed by atoms with E-state index in [4.69, 9.17) is 5.84 Å². The summed E-state index contributed by atoms with van der Waals surface area (Å²) in [5, 5.41) is 5.14. The number of nitrogens with two attached hydrogens (primary N) is 1. The molecule has 0 saturated heterocycles. The van der Waals surface area contributed by atoms with Gasteiger partial charge in [0.15, 0.2) is 0 Å². The molecule has 0 bridgehead atoms. The Hall–Kier alpha value is -1.89. The summed E-state index contributed by atoms with van der Waals surface area (Å²) >= 11 is 1.35. The van der Waals surface area contributed by atoms with Crippen LogP contribution in [0.2, 0.25) is 0 Å². The molecule has 0 fully saturated rings. The molecule has 2 heterocycles. The van der Waals surface area contributed by atoms with Crippen LogP contribution < -0.4 is 11.3 Å². The lowest BCUT2D eigenvalue weighted by Crippen LogP contribution is -2.29. The van der Waals surface area contributed by atoms with Crippen molar-refractivity contribution < 1.29 is 0 Å². The molecule has 0 aliphatic heterocycles. The highest BCUT2D eigenvalue weighted by molar-refractivity contribution is 7.05. The lowest BCUT2D eigenvalue weighted by Gasteiger charge is -2.16. The highest BCUT2D eigenvalue weighted by atomic mass is 32.1. The van der Waals surface area contributed by atoms with Crippen LogP contribution in [0.1, 0.15) is 22.2 Å². The van der Waals surface area contributed by atoms with E-state index in [1.807, 2.05) is 37.3 Å². The maximum Gasteiger partial charge on any atom is 0.0858 e. The molecule has 6 heteroatoms. The Bertz CT molecular complexity index is 704. The Morgan fingerprint density at radius 2 is 2.11 bits per heavy atom. The summed E-state index contributed by atoms with van der Waals surface area (Å²) in [6, 6.07) is 9.90. The summed E-state index contributed by atoms with van der Waals surface area (Å²) in [4.78, 5) is 5.47. The van der Waals surface area contributed by atoms with Crippen molar-refractivity contribution in [3.8, 4) is 0 Å². The van der Waals surface area contributed by atoms with Gasteiger partial charge < -0.3 is 0 Å². The Morgan fingerprint density at radius 3 is 2.84 bits per heavy atom. The van der Waals surface area contributed by atoms with Gasteiger partial charge in [0.05, 0.1) is 22.1 Å². The standard InChI is InChI=1S/C13H13N5S/c1-8-13(19-18-17-8)12(16-14)10-6-2-4-9-5-3-7-15-11(9)10/h2-7,12,16H,14H2,1H3. The van der Waals surface area contributed by atoms with Crippen molar-refractivity contribution in [1.82, 2.24) is 20.0 Å². The van der Waals surface area contributed by atoms with Gasteiger partial charge in [-0.1, -0.05) is 28.8 Å². The maximum atomic E-state index is 5.73. The van der Waals surface area contributed by atoms with Crippen molar-refractivity contribution in [3.63, 3.8) is 0 Å². The third-order valence-electron chi connectivity index (χ3n) is 3.09. The number of hydrazine groups is 1. The van der Waals surface area contributed by atoms with E-state index in [2.05, 4.69) is 20.0 Å². The second-order valence-corrected chi connectivity index (χ2v) is 5.03. The van der Waals surface area contributed by atoms with Gasteiger partial charge in [-0.25, -0.2) is 5.43 Å². The van der Waals surface area contributed by atoms with Gasteiger partial charge in [0.1, 0.15) is 0 Å². The van der Waals surface area contributed by atoms with E-state index in [-0.39, 0.29) is 6.04 Å². The topological polar surface area (TPSA) is 76.7 Å². The average molecular weight is 271 g/mol. The molecule has 5 nitrogen and oxygen atoms in total. The van der Waals surface area contributed by atoms with Crippen LogP contribution in [0.5, 0.6) is 0 Å². The Morgan fingerprint density at radius 1 is 1.26 bits per heavy atom. The Kier molecular flexibility index (Phi) is 3.20. The fraction of sp³-hybridized carbons (Fsp3) is 0.154. The van der Waals surface area contributed by atoms with E-state index in [1.54, 1.807) is 6.20 Å². The molecule has 96 valence electrons. The molecule has 0 spiro atoms. The normalized spacial score (nSPS) is 12.7.